The van der Waals surface area contributed by atoms with Gasteiger partial charge in [0, 0.05) is 13.0 Å². The van der Waals surface area contributed by atoms with Crippen LogP contribution in [0.5, 0.6) is 5.75 Å². The van der Waals surface area contributed by atoms with Gasteiger partial charge < -0.3 is 15.4 Å². The number of hydrogen-bond donors (Lipinski definition) is 2. The molecule has 0 aromatic heterocycles. The molecule has 2 aromatic rings. The van der Waals surface area contributed by atoms with Gasteiger partial charge in [-0.2, -0.15) is 0 Å². The monoisotopic (exact) mass is 384 g/mol. The predicted molar refractivity (Wildman–Crippen MR) is 112 cm³/mol. The van der Waals surface area contributed by atoms with Crippen LogP contribution in [0.4, 0.5) is 4.39 Å². The maximum absolute atomic E-state index is 12.8. The van der Waals surface area contributed by atoms with Crippen LogP contribution in [0.2, 0.25) is 0 Å². The molecule has 0 radical (unpaired) electrons. The van der Waals surface area contributed by atoms with Crippen molar-refractivity contribution in [3.8, 4) is 5.75 Å². The van der Waals surface area contributed by atoms with Crippen molar-refractivity contribution >= 4 is 12.0 Å². The zero-order chi connectivity index (χ0) is 20.0. The first-order valence-corrected chi connectivity index (χ1v) is 9.70. The second-order valence-corrected chi connectivity index (χ2v) is 6.56. The summed E-state index contributed by atoms with van der Waals surface area (Å²) in [7, 11) is 1.67. The largest absolute Gasteiger partial charge is 0.497 e. The number of amides is 1. The average Bonchev–Trinajstić information content (AvgIpc) is 2.72. The van der Waals surface area contributed by atoms with Crippen molar-refractivity contribution in [2.75, 3.05) is 26.7 Å². The number of carbonyl (C=O) groups excluding carboxylic acids is 1. The van der Waals surface area contributed by atoms with Crippen LogP contribution in [0.1, 0.15) is 30.4 Å². The van der Waals surface area contributed by atoms with E-state index in [0.717, 1.165) is 43.7 Å². The summed E-state index contributed by atoms with van der Waals surface area (Å²) in [6.07, 6.45) is 6.95. The lowest BCUT2D eigenvalue weighted by atomic mass is 10.1. The molecular formula is C23H29FN2O2. The Labute approximate surface area is 166 Å². The van der Waals surface area contributed by atoms with E-state index in [1.54, 1.807) is 25.3 Å². The zero-order valence-corrected chi connectivity index (χ0v) is 16.4. The summed E-state index contributed by atoms with van der Waals surface area (Å²) >= 11 is 0. The van der Waals surface area contributed by atoms with Crippen LogP contribution in [0.25, 0.3) is 6.08 Å². The van der Waals surface area contributed by atoms with Crippen molar-refractivity contribution in [3.63, 3.8) is 0 Å². The van der Waals surface area contributed by atoms with Crippen molar-refractivity contribution in [1.82, 2.24) is 10.6 Å². The number of ether oxygens (including phenoxy) is 1. The summed E-state index contributed by atoms with van der Waals surface area (Å²) in [5.41, 5.74) is 2.19. The molecule has 0 spiro atoms. The molecule has 0 unspecified atom stereocenters. The van der Waals surface area contributed by atoms with Crippen LogP contribution in [0.15, 0.2) is 54.6 Å². The van der Waals surface area contributed by atoms with Crippen molar-refractivity contribution in [3.05, 3.63) is 71.6 Å². The van der Waals surface area contributed by atoms with Crippen molar-refractivity contribution in [2.24, 2.45) is 0 Å². The van der Waals surface area contributed by atoms with E-state index in [1.807, 2.05) is 18.2 Å². The molecule has 0 saturated carbocycles. The standard InChI is InChI=1S/C23H29FN2O2/c1-28-22-14-10-20(11-15-22)6-3-16-25-17-4-18-26-23(27)7-2-5-19-8-12-21(24)13-9-19/h2,5,8-15,25H,3-4,6-7,16-18H2,1H3,(H,26,27)/b5-2+. The van der Waals surface area contributed by atoms with Gasteiger partial charge in [-0.3, -0.25) is 4.79 Å². The molecule has 2 N–H and O–H groups in total. The van der Waals surface area contributed by atoms with Crippen molar-refractivity contribution in [1.29, 1.82) is 0 Å². The van der Waals surface area contributed by atoms with Gasteiger partial charge in [0.2, 0.25) is 5.91 Å². The number of carbonyl (C=O) groups is 1. The Hall–Kier alpha value is -2.66. The molecule has 0 aliphatic rings. The highest BCUT2D eigenvalue weighted by atomic mass is 19.1. The van der Waals surface area contributed by atoms with Crippen LogP contribution in [0, 0.1) is 5.82 Å². The van der Waals surface area contributed by atoms with Gasteiger partial charge in [-0.1, -0.05) is 36.4 Å². The highest BCUT2D eigenvalue weighted by molar-refractivity contribution is 5.78. The van der Waals surface area contributed by atoms with E-state index >= 15 is 0 Å². The van der Waals surface area contributed by atoms with Crippen molar-refractivity contribution < 1.29 is 13.9 Å². The summed E-state index contributed by atoms with van der Waals surface area (Å²) in [5, 5.41) is 6.30. The van der Waals surface area contributed by atoms with Crippen LogP contribution >= 0.6 is 0 Å². The first kappa shape index (κ1) is 21.6. The van der Waals surface area contributed by atoms with Crippen LogP contribution in [-0.4, -0.2) is 32.7 Å². The molecule has 0 saturated heterocycles. The molecule has 0 atom stereocenters. The first-order valence-electron chi connectivity index (χ1n) is 9.70. The lowest BCUT2D eigenvalue weighted by Gasteiger charge is -2.07. The minimum absolute atomic E-state index is 0.00197. The average molecular weight is 384 g/mol. The molecule has 0 fully saturated rings. The van der Waals surface area contributed by atoms with E-state index in [-0.39, 0.29) is 11.7 Å². The van der Waals surface area contributed by atoms with Gasteiger partial charge in [-0.15, -0.1) is 0 Å². The lowest BCUT2D eigenvalue weighted by Crippen LogP contribution is -2.27. The Morgan fingerprint density at radius 3 is 2.43 bits per heavy atom. The zero-order valence-electron chi connectivity index (χ0n) is 16.4. The normalized spacial score (nSPS) is 10.9. The van der Waals surface area contributed by atoms with E-state index < -0.39 is 0 Å². The first-order chi connectivity index (χ1) is 13.7. The van der Waals surface area contributed by atoms with Crippen LogP contribution in [0.3, 0.4) is 0 Å². The Balaban J connectivity index is 1.46. The molecule has 2 aromatic carbocycles. The highest BCUT2D eigenvalue weighted by Gasteiger charge is 1.98. The summed E-state index contributed by atoms with van der Waals surface area (Å²) in [6.45, 7) is 2.50. The maximum atomic E-state index is 12.8. The molecule has 0 bridgehead atoms. The summed E-state index contributed by atoms with van der Waals surface area (Å²) in [5.74, 6) is 0.622. The van der Waals surface area contributed by atoms with E-state index in [4.69, 9.17) is 4.74 Å². The molecule has 150 valence electrons. The quantitative estimate of drug-likeness (QED) is 0.545. The SMILES string of the molecule is COc1ccc(CCCNCCCNC(=O)C/C=C/c2ccc(F)cc2)cc1. The van der Waals surface area contributed by atoms with Crippen LogP contribution in [-0.2, 0) is 11.2 Å². The second kappa shape index (κ2) is 12.7. The van der Waals surface area contributed by atoms with E-state index in [9.17, 15) is 9.18 Å². The number of aryl methyl sites for hydroxylation is 1. The van der Waals surface area contributed by atoms with E-state index in [2.05, 4.69) is 22.8 Å². The number of nitrogens with one attached hydrogen (secondary N) is 2. The molecule has 0 heterocycles. The van der Waals surface area contributed by atoms with E-state index in [1.165, 1.54) is 17.7 Å². The number of halogens is 1. The molecule has 0 aliphatic heterocycles. The topological polar surface area (TPSA) is 50.4 Å². The molecule has 4 nitrogen and oxygen atoms in total. The van der Waals surface area contributed by atoms with Gasteiger partial charge in [0.05, 0.1) is 7.11 Å². The fourth-order valence-electron chi connectivity index (χ4n) is 2.72. The van der Waals surface area contributed by atoms with Crippen LogP contribution < -0.4 is 15.4 Å². The fraction of sp³-hybridized carbons (Fsp3) is 0.348. The van der Waals surface area contributed by atoms with Crippen molar-refractivity contribution in [2.45, 2.75) is 25.7 Å². The van der Waals surface area contributed by atoms with Gasteiger partial charge in [-0.25, -0.2) is 4.39 Å². The third-order valence-corrected chi connectivity index (χ3v) is 4.31. The third kappa shape index (κ3) is 8.82. The number of methoxy groups -OCH3 is 1. The molecule has 1 amide bonds. The smallest absolute Gasteiger partial charge is 0.223 e. The molecule has 28 heavy (non-hydrogen) atoms. The molecular weight excluding hydrogens is 355 g/mol. The summed E-state index contributed by atoms with van der Waals surface area (Å²) in [6, 6.07) is 14.3. The predicted octanol–water partition coefficient (Wildman–Crippen LogP) is 3.97. The molecule has 2 rings (SSSR count). The van der Waals surface area contributed by atoms with Gasteiger partial charge in [-0.05, 0) is 67.7 Å². The highest BCUT2D eigenvalue weighted by Crippen LogP contribution is 2.12. The Bertz CT molecular complexity index is 727. The van der Waals surface area contributed by atoms with Gasteiger partial charge in [0.25, 0.3) is 0 Å². The molecule has 0 aliphatic carbocycles. The third-order valence-electron chi connectivity index (χ3n) is 4.31. The van der Waals surface area contributed by atoms with Gasteiger partial charge in [0.1, 0.15) is 11.6 Å². The number of benzene rings is 2. The lowest BCUT2D eigenvalue weighted by molar-refractivity contribution is -0.120. The Morgan fingerprint density at radius 1 is 1.00 bits per heavy atom. The Kier molecular flexibility index (Phi) is 9.80. The molecule has 5 heteroatoms. The van der Waals surface area contributed by atoms with Gasteiger partial charge in [0.15, 0.2) is 0 Å². The minimum atomic E-state index is -0.260. The fourth-order valence-corrected chi connectivity index (χ4v) is 2.72. The Morgan fingerprint density at radius 2 is 1.71 bits per heavy atom. The summed E-state index contributed by atoms with van der Waals surface area (Å²) in [4.78, 5) is 11.8. The maximum Gasteiger partial charge on any atom is 0.223 e. The number of rotatable bonds is 12. The number of hydrogen-bond acceptors (Lipinski definition) is 3. The summed E-state index contributed by atoms with van der Waals surface area (Å²) < 4.78 is 18.0. The van der Waals surface area contributed by atoms with Gasteiger partial charge >= 0.3 is 0 Å². The second-order valence-electron chi connectivity index (χ2n) is 6.56. The van der Waals surface area contributed by atoms with E-state index in [0.29, 0.717) is 13.0 Å². The minimum Gasteiger partial charge on any atom is -0.497 e.